The van der Waals surface area contributed by atoms with Crippen LogP contribution in [0.4, 0.5) is 4.79 Å². The number of carbonyl (C=O) groups is 1. The maximum Gasteiger partial charge on any atom is 0.410 e. The van der Waals surface area contributed by atoms with Crippen molar-refractivity contribution in [3.05, 3.63) is 34.3 Å². The van der Waals surface area contributed by atoms with Gasteiger partial charge in [-0.05, 0) is 44.9 Å². The molecule has 21 heavy (non-hydrogen) atoms. The highest BCUT2D eigenvalue weighted by atomic mass is 79.9. The highest BCUT2D eigenvalue weighted by Gasteiger charge is 2.49. The fraction of sp³-hybridized carbons (Fsp3) is 0.562. The summed E-state index contributed by atoms with van der Waals surface area (Å²) >= 11 is 3.44. The Labute approximate surface area is 133 Å². The van der Waals surface area contributed by atoms with E-state index in [0.29, 0.717) is 6.54 Å². The number of benzene rings is 1. The summed E-state index contributed by atoms with van der Waals surface area (Å²) < 4.78 is 12.6. The lowest BCUT2D eigenvalue weighted by molar-refractivity contribution is -0.0467. The molecule has 3 rings (SSSR count). The van der Waals surface area contributed by atoms with Crippen LogP contribution in [-0.4, -0.2) is 35.3 Å². The first-order chi connectivity index (χ1) is 9.83. The number of ether oxygens (including phenoxy) is 2. The molecule has 0 radical (unpaired) electrons. The van der Waals surface area contributed by atoms with Crippen LogP contribution in [0.5, 0.6) is 0 Å². The third-order valence-electron chi connectivity index (χ3n) is 3.82. The van der Waals surface area contributed by atoms with Gasteiger partial charge in [-0.1, -0.05) is 28.1 Å². The molecule has 2 bridgehead atoms. The standard InChI is InChI=1S/C16H20BrNO3/c1-16(2,3)21-15(19)18-9-12-8-13(18)14(20-12)10-4-6-11(17)7-5-10/h4-7,12-14H,8-9H2,1-3H3/t12-,13-,14+/m0/s1. The summed E-state index contributed by atoms with van der Waals surface area (Å²) in [5.74, 6) is 0. The second kappa shape index (κ2) is 5.29. The zero-order chi connectivity index (χ0) is 15.2. The monoisotopic (exact) mass is 353 g/mol. The summed E-state index contributed by atoms with van der Waals surface area (Å²) in [5, 5.41) is 0. The highest BCUT2D eigenvalue weighted by molar-refractivity contribution is 9.10. The van der Waals surface area contributed by atoms with Gasteiger partial charge in [0.25, 0.3) is 0 Å². The molecule has 4 nitrogen and oxygen atoms in total. The summed E-state index contributed by atoms with van der Waals surface area (Å²) in [6.07, 6.45) is 0.723. The molecule has 2 heterocycles. The van der Waals surface area contributed by atoms with Gasteiger partial charge in [0.2, 0.25) is 0 Å². The molecule has 0 aliphatic carbocycles. The van der Waals surface area contributed by atoms with Crippen LogP contribution in [0.3, 0.4) is 0 Å². The molecule has 0 unspecified atom stereocenters. The first-order valence-electron chi connectivity index (χ1n) is 7.24. The Hall–Kier alpha value is -1.07. The van der Waals surface area contributed by atoms with Gasteiger partial charge in [-0.2, -0.15) is 0 Å². The Morgan fingerprint density at radius 2 is 2.00 bits per heavy atom. The minimum atomic E-state index is -0.465. The van der Waals surface area contributed by atoms with Crippen molar-refractivity contribution >= 4 is 22.0 Å². The maximum atomic E-state index is 12.3. The fourth-order valence-corrected chi connectivity index (χ4v) is 3.26. The molecule has 0 N–H and O–H groups in total. The van der Waals surface area contributed by atoms with Crippen LogP contribution < -0.4 is 0 Å². The molecule has 1 amide bonds. The normalized spacial score (nSPS) is 28.0. The summed E-state index contributed by atoms with van der Waals surface area (Å²) in [6.45, 7) is 6.30. The Kier molecular flexibility index (Phi) is 3.74. The van der Waals surface area contributed by atoms with Crippen LogP contribution >= 0.6 is 15.9 Å². The molecule has 2 fully saturated rings. The third kappa shape index (κ3) is 3.09. The number of likely N-dealkylation sites (tertiary alicyclic amines) is 1. The van der Waals surface area contributed by atoms with E-state index in [1.54, 1.807) is 0 Å². The molecule has 1 aromatic rings. The van der Waals surface area contributed by atoms with Gasteiger partial charge >= 0.3 is 6.09 Å². The Bertz CT molecular complexity index is 537. The summed E-state index contributed by atoms with van der Waals surface area (Å²) in [5.41, 5.74) is 0.645. The number of morpholine rings is 1. The van der Waals surface area contributed by atoms with Crippen molar-refractivity contribution in [1.29, 1.82) is 0 Å². The zero-order valence-corrected chi connectivity index (χ0v) is 14.1. The highest BCUT2D eigenvalue weighted by Crippen LogP contribution is 2.42. The van der Waals surface area contributed by atoms with Crippen LogP contribution in [0.1, 0.15) is 38.9 Å². The lowest BCUT2D eigenvalue weighted by atomic mass is 10.0. The van der Waals surface area contributed by atoms with Crippen molar-refractivity contribution in [1.82, 2.24) is 4.90 Å². The van der Waals surface area contributed by atoms with E-state index in [-0.39, 0.29) is 24.3 Å². The topological polar surface area (TPSA) is 38.8 Å². The number of carbonyl (C=O) groups excluding carboxylic acids is 1. The molecule has 2 aliphatic rings. The van der Waals surface area contributed by atoms with Crippen molar-refractivity contribution in [3.8, 4) is 0 Å². The van der Waals surface area contributed by atoms with Crippen LogP contribution in [-0.2, 0) is 9.47 Å². The van der Waals surface area contributed by atoms with Crippen molar-refractivity contribution in [2.24, 2.45) is 0 Å². The molecular formula is C16H20BrNO3. The van der Waals surface area contributed by atoms with E-state index in [9.17, 15) is 4.79 Å². The SMILES string of the molecule is CC(C)(C)OC(=O)N1C[C@@H]2C[C@H]1[C@@H](c1ccc(Br)cc1)O2. The fourth-order valence-electron chi connectivity index (χ4n) is 2.99. The zero-order valence-electron chi connectivity index (χ0n) is 12.5. The van der Waals surface area contributed by atoms with Crippen molar-refractivity contribution in [2.75, 3.05) is 6.54 Å². The van der Waals surface area contributed by atoms with Gasteiger partial charge in [0.15, 0.2) is 0 Å². The Morgan fingerprint density at radius 1 is 1.33 bits per heavy atom. The minimum absolute atomic E-state index is 0.0515. The second-order valence-electron chi connectivity index (χ2n) is 6.67. The largest absolute Gasteiger partial charge is 0.444 e. The first-order valence-corrected chi connectivity index (χ1v) is 8.03. The van der Waals surface area contributed by atoms with Crippen LogP contribution in [0.2, 0.25) is 0 Å². The number of nitrogens with zero attached hydrogens (tertiary/aromatic N) is 1. The van der Waals surface area contributed by atoms with E-state index in [1.807, 2.05) is 49.9 Å². The van der Waals surface area contributed by atoms with Crippen LogP contribution in [0.25, 0.3) is 0 Å². The average Bonchev–Trinajstić information content (AvgIpc) is 2.97. The quantitative estimate of drug-likeness (QED) is 0.768. The Balaban J connectivity index is 1.75. The van der Waals surface area contributed by atoms with Gasteiger partial charge in [-0.3, -0.25) is 4.90 Å². The number of fused-ring (bicyclic) bond motifs is 2. The average molecular weight is 354 g/mol. The molecular weight excluding hydrogens is 334 g/mol. The van der Waals surface area contributed by atoms with Gasteiger partial charge in [0.1, 0.15) is 11.7 Å². The lowest BCUT2D eigenvalue weighted by Crippen LogP contribution is -2.45. The minimum Gasteiger partial charge on any atom is -0.444 e. The maximum absolute atomic E-state index is 12.3. The van der Waals surface area contributed by atoms with Crippen molar-refractivity contribution in [2.45, 2.75) is 51.0 Å². The van der Waals surface area contributed by atoms with Crippen molar-refractivity contribution in [3.63, 3.8) is 0 Å². The van der Waals surface area contributed by atoms with Crippen LogP contribution in [0, 0.1) is 0 Å². The van der Waals surface area contributed by atoms with E-state index in [4.69, 9.17) is 9.47 Å². The van der Waals surface area contributed by atoms with E-state index in [1.165, 1.54) is 0 Å². The third-order valence-corrected chi connectivity index (χ3v) is 4.35. The number of amides is 1. The Morgan fingerprint density at radius 3 is 2.57 bits per heavy atom. The van der Waals surface area contributed by atoms with Gasteiger partial charge in [0.05, 0.1) is 18.7 Å². The van der Waals surface area contributed by atoms with E-state index in [0.717, 1.165) is 16.5 Å². The molecule has 5 heteroatoms. The van der Waals surface area contributed by atoms with E-state index >= 15 is 0 Å². The number of hydrogen-bond acceptors (Lipinski definition) is 3. The number of halogens is 1. The van der Waals surface area contributed by atoms with Gasteiger partial charge in [0, 0.05) is 4.47 Å². The smallest absolute Gasteiger partial charge is 0.410 e. The lowest BCUT2D eigenvalue weighted by Gasteiger charge is -2.34. The molecule has 114 valence electrons. The molecule has 0 aromatic heterocycles. The van der Waals surface area contributed by atoms with Crippen molar-refractivity contribution < 1.29 is 14.3 Å². The predicted molar refractivity (Wildman–Crippen MR) is 83.1 cm³/mol. The summed E-state index contributed by atoms with van der Waals surface area (Å²) in [4.78, 5) is 14.1. The van der Waals surface area contributed by atoms with E-state index in [2.05, 4.69) is 15.9 Å². The van der Waals surface area contributed by atoms with Gasteiger partial charge in [-0.25, -0.2) is 4.79 Å². The van der Waals surface area contributed by atoms with Gasteiger partial charge < -0.3 is 9.47 Å². The molecule has 3 atom stereocenters. The number of hydrogen-bond donors (Lipinski definition) is 0. The van der Waals surface area contributed by atoms with Crippen LogP contribution in [0.15, 0.2) is 28.7 Å². The first kappa shape index (κ1) is 14.9. The summed E-state index contributed by atoms with van der Waals surface area (Å²) in [6, 6.07) is 8.17. The summed E-state index contributed by atoms with van der Waals surface area (Å²) in [7, 11) is 0. The second-order valence-corrected chi connectivity index (χ2v) is 7.58. The molecule has 2 aliphatic heterocycles. The molecule has 0 saturated carbocycles. The predicted octanol–water partition coefficient (Wildman–Crippen LogP) is 3.90. The number of rotatable bonds is 1. The molecule has 1 aromatic carbocycles. The molecule has 0 spiro atoms. The van der Waals surface area contributed by atoms with Gasteiger partial charge in [-0.15, -0.1) is 0 Å². The molecule has 2 saturated heterocycles. The van der Waals surface area contributed by atoms with E-state index < -0.39 is 5.60 Å².